The van der Waals surface area contributed by atoms with E-state index in [2.05, 4.69) is 26.7 Å². The van der Waals surface area contributed by atoms with Crippen LogP contribution in [-0.4, -0.2) is 10.9 Å². The van der Waals surface area contributed by atoms with Gasteiger partial charge in [-0.2, -0.15) is 0 Å². The van der Waals surface area contributed by atoms with Crippen molar-refractivity contribution in [2.24, 2.45) is 0 Å². The summed E-state index contributed by atoms with van der Waals surface area (Å²) in [6.45, 7) is 4.50. The first-order valence-corrected chi connectivity index (χ1v) is 16.4. The van der Waals surface area contributed by atoms with Gasteiger partial charge in [0.05, 0.1) is 0 Å². The fourth-order valence-electron chi connectivity index (χ4n) is 5.53. The van der Waals surface area contributed by atoms with E-state index in [0.29, 0.717) is 11.5 Å². The number of unbranched alkanes of at least 4 members (excludes halogenated alkanes) is 13. The van der Waals surface area contributed by atoms with E-state index in [9.17, 15) is 9.90 Å². The largest absolute Gasteiger partial charge is 0.508 e. The molecule has 0 spiro atoms. The standard InChI is InChI=1S/C22H27O2.C16H25O.Fe/c1-2-3-4-5-6-7-8-13-19-20-16-18(23)14-15-21(20)24-22(19)17-11-9-10-12-17;1-2-3-4-5-6-7-8-9-14-16(17)15-12-10-11-13-15;/h9-12,14-16,23H,2-8,13H2,1H3;10-13H,2-9,14H2,1H3;. The predicted molar refractivity (Wildman–Crippen MR) is 172 cm³/mol. The van der Waals surface area contributed by atoms with Crippen molar-refractivity contribution in [1.29, 1.82) is 0 Å². The van der Waals surface area contributed by atoms with E-state index in [0.717, 1.165) is 47.8 Å². The van der Waals surface area contributed by atoms with Gasteiger partial charge in [0, 0.05) is 46.3 Å². The molecule has 3 nitrogen and oxygen atoms in total. The summed E-state index contributed by atoms with van der Waals surface area (Å²) in [5, 5.41) is 10.9. The molecule has 1 heterocycles. The fraction of sp³-hybridized carbons (Fsp3) is 0.500. The van der Waals surface area contributed by atoms with E-state index < -0.39 is 0 Å². The molecule has 4 heteroatoms. The number of aromatic hydroxyl groups is 1. The van der Waals surface area contributed by atoms with Crippen molar-refractivity contribution in [3.05, 3.63) is 92.7 Å². The van der Waals surface area contributed by atoms with Crippen molar-refractivity contribution >= 4 is 16.8 Å². The van der Waals surface area contributed by atoms with Gasteiger partial charge >= 0.3 is 0 Å². The first-order valence-electron chi connectivity index (χ1n) is 16.4. The molecule has 2 aliphatic rings. The molecule has 1 aromatic carbocycles. The molecule has 2 fully saturated rings. The van der Waals surface area contributed by atoms with Gasteiger partial charge in [-0.05, 0) is 88.8 Å². The van der Waals surface area contributed by atoms with Gasteiger partial charge in [-0.25, -0.2) is 0 Å². The zero-order chi connectivity index (χ0) is 29.1. The molecule has 10 radical (unpaired) electrons. The Morgan fingerprint density at radius 1 is 0.690 bits per heavy atom. The van der Waals surface area contributed by atoms with E-state index in [1.165, 1.54) is 95.5 Å². The number of hydrogen-bond donors (Lipinski definition) is 1. The van der Waals surface area contributed by atoms with Gasteiger partial charge in [-0.15, -0.1) is 0 Å². The number of carbonyl (C=O) groups is 1. The van der Waals surface area contributed by atoms with Crippen LogP contribution in [0.3, 0.4) is 0 Å². The Morgan fingerprint density at radius 3 is 1.81 bits per heavy atom. The third-order valence-electron chi connectivity index (χ3n) is 7.97. The van der Waals surface area contributed by atoms with Gasteiger partial charge in [0.2, 0.25) is 0 Å². The van der Waals surface area contributed by atoms with Gasteiger partial charge < -0.3 is 9.52 Å². The molecule has 0 saturated heterocycles. The minimum atomic E-state index is 0. The Kier molecular flexibility index (Phi) is 19.6. The molecule has 0 amide bonds. The summed E-state index contributed by atoms with van der Waals surface area (Å²) in [6, 6.07) is 5.39. The molecule has 0 atom stereocenters. The van der Waals surface area contributed by atoms with Crippen LogP contribution in [0.5, 0.6) is 5.75 Å². The molecule has 2 aromatic rings. The summed E-state index contributed by atoms with van der Waals surface area (Å²) in [6.07, 6.45) is 37.1. The average Bonchev–Trinajstić information content (AvgIpc) is 3.76. The number of carbonyl (C=O) groups excluding carboxylic acids is 1. The van der Waals surface area contributed by atoms with E-state index in [4.69, 9.17) is 4.42 Å². The second kappa shape index (κ2) is 22.3. The zero-order valence-corrected chi connectivity index (χ0v) is 27.1. The Morgan fingerprint density at radius 2 is 1.21 bits per heavy atom. The number of furan rings is 1. The van der Waals surface area contributed by atoms with Crippen LogP contribution in [0.15, 0.2) is 22.6 Å². The normalized spacial score (nSPS) is 15.6. The monoisotopic (exact) mass is 612 g/mol. The summed E-state index contributed by atoms with van der Waals surface area (Å²) in [7, 11) is 0. The summed E-state index contributed by atoms with van der Waals surface area (Å²) < 4.78 is 6.10. The molecule has 1 aromatic heterocycles. The topological polar surface area (TPSA) is 50.4 Å². The number of Topliss-reactive ketones (excluding diaryl/α,β-unsaturated/α-hetero) is 1. The maximum absolute atomic E-state index is 11.7. The van der Waals surface area contributed by atoms with Crippen molar-refractivity contribution in [2.75, 3.05) is 0 Å². The van der Waals surface area contributed by atoms with Crippen molar-refractivity contribution in [3.63, 3.8) is 0 Å². The maximum atomic E-state index is 11.7. The van der Waals surface area contributed by atoms with E-state index in [1.807, 2.05) is 50.7 Å². The number of phenols is 1. The van der Waals surface area contributed by atoms with Crippen LogP contribution < -0.4 is 0 Å². The molecule has 0 unspecified atom stereocenters. The van der Waals surface area contributed by atoms with E-state index >= 15 is 0 Å². The van der Waals surface area contributed by atoms with E-state index in [1.54, 1.807) is 6.07 Å². The second-order valence-electron chi connectivity index (χ2n) is 11.5. The Balaban J connectivity index is 0.000000305. The third-order valence-corrected chi connectivity index (χ3v) is 7.97. The minimum Gasteiger partial charge on any atom is -0.508 e. The van der Waals surface area contributed by atoms with Crippen LogP contribution in [0.2, 0.25) is 0 Å². The van der Waals surface area contributed by atoms with Crippen molar-refractivity contribution in [1.82, 2.24) is 0 Å². The van der Waals surface area contributed by atoms with Gasteiger partial charge in [0.15, 0.2) is 0 Å². The molecule has 2 aliphatic carbocycles. The third kappa shape index (κ3) is 13.2. The maximum Gasteiger partial charge on any atom is 0.140 e. The predicted octanol–water partition coefficient (Wildman–Crippen LogP) is 10.7. The fourth-order valence-corrected chi connectivity index (χ4v) is 5.53. The van der Waals surface area contributed by atoms with Gasteiger partial charge in [-0.1, -0.05) is 97.3 Å². The van der Waals surface area contributed by atoms with Crippen molar-refractivity contribution < 1.29 is 31.4 Å². The molecule has 230 valence electrons. The van der Waals surface area contributed by atoms with Crippen LogP contribution in [0.25, 0.3) is 11.0 Å². The number of ketones is 1. The number of hydrogen-bond acceptors (Lipinski definition) is 3. The Bertz CT molecular complexity index is 968. The Hall–Kier alpha value is -1.25. The number of phenolic OH excluding ortho intramolecular Hbond substituents is 1. The van der Waals surface area contributed by atoms with Crippen LogP contribution in [0.4, 0.5) is 0 Å². The SMILES string of the molecule is CCCCCCCCCCC(=O)[C]1[CH][CH][CH][CH]1.CCCCCCCCCc1c([C]2[CH][CH][CH][CH]2)oc2ccc(O)cc12.[Fe]. The van der Waals surface area contributed by atoms with Crippen LogP contribution >= 0.6 is 0 Å². The number of rotatable bonds is 19. The minimum absolute atomic E-state index is 0. The summed E-state index contributed by atoms with van der Waals surface area (Å²) in [4.78, 5) is 11.7. The molecular formula is C38H52FeO3. The summed E-state index contributed by atoms with van der Waals surface area (Å²) >= 11 is 0. The molecular weight excluding hydrogens is 560 g/mol. The van der Waals surface area contributed by atoms with Crippen LogP contribution in [0.1, 0.15) is 128 Å². The van der Waals surface area contributed by atoms with E-state index in [-0.39, 0.29) is 17.1 Å². The average molecular weight is 613 g/mol. The van der Waals surface area contributed by atoms with Gasteiger partial charge in [-0.3, -0.25) is 4.79 Å². The first-order chi connectivity index (χ1) is 20.1. The van der Waals surface area contributed by atoms with Crippen molar-refractivity contribution in [3.8, 4) is 5.75 Å². The number of fused-ring (bicyclic) bond motifs is 1. The first kappa shape index (κ1) is 36.9. The van der Waals surface area contributed by atoms with Crippen LogP contribution in [0, 0.1) is 63.2 Å². The molecule has 2 saturated carbocycles. The van der Waals surface area contributed by atoms with Crippen LogP contribution in [-0.2, 0) is 28.3 Å². The molecule has 4 rings (SSSR count). The molecule has 42 heavy (non-hydrogen) atoms. The second-order valence-corrected chi connectivity index (χ2v) is 11.5. The van der Waals surface area contributed by atoms with Crippen molar-refractivity contribution in [2.45, 2.75) is 123 Å². The van der Waals surface area contributed by atoms with Gasteiger partial charge in [0.25, 0.3) is 0 Å². The number of aryl methyl sites for hydroxylation is 1. The summed E-state index contributed by atoms with van der Waals surface area (Å²) in [5.74, 6) is 3.59. The smallest absolute Gasteiger partial charge is 0.140 e. The van der Waals surface area contributed by atoms with Gasteiger partial charge in [0.1, 0.15) is 22.9 Å². The Labute approximate surface area is 268 Å². The number of benzene rings is 1. The summed E-state index contributed by atoms with van der Waals surface area (Å²) in [5.41, 5.74) is 2.10. The molecule has 1 N–H and O–H groups in total. The quantitative estimate of drug-likeness (QED) is 0.127. The zero-order valence-electron chi connectivity index (χ0n) is 26.0. The molecule has 0 aliphatic heterocycles. The molecule has 0 bridgehead atoms.